The van der Waals surface area contributed by atoms with Crippen molar-refractivity contribution in [3.8, 4) is 0 Å². The predicted molar refractivity (Wildman–Crippen MR) is 69.7 cm³/mol. The quantitative estimate of drug-likeness (QED) is 0.881. The highest BCUT2D eigenvalue weighted by atomic mass is 32.1. The van der Waals surface area contributed by atoms with Crippen LogP contribution < -0.4 is 5.73 Å². The number of anilines is 1. The second kappa shape index (κ2) is 5.15. The number of nitrogens with zero attached hydrogens (tertiary/aromatic N) is 2. The number of rotatable bonds is 3. The van der Waals surface area contributed by atoms with Crippen LogP contribution in [-0.2, 0) is 6.42 Å². The maximum Gasteiger partial charge on any atom is 0.180 e. The van der Waals surface area contributed by atoms with E-state index in [1.807, 2.05) is 0 Å². The number of hydrogen-bond donors (Lipinski definition) is 1. The standard InChI is InChI=1S/C12H21N3S/c1-9-4-3-5-10(2)15(9)7-6-11-8-16-12(13)14-11/h8-10H,3-7H2,1-2H3,(H2,13,14). The molecule has 1 fully saturated rings. The molecular formula is C12H21N3S. The number of thiazole rings is 1. The SMILES string of the molecule is CC1CCCC(C)N1CCc1csc(N)n1. The number of piperidine rings is 1. The van der Waals surface area contributed by atoms with Crippen molar-refractivity contribution in [3.05, 3.63) is 11.1 Å². The molecule has 0 aliphatic carbocycles. The zero-order chi connectivity index (χ0) is 11.5. The maximum absolute atomic E-state index is 5.64. The smallest absolute Gasteiger partial charge is 0.180 e. The van der Waals surface area contributed by atoms with Crippen LogP contribution in [0.2, 0.25) is 0 Å². The van der Waals surface area contributed by atoms with Crippen LogP contribution in [0.25, 0.3) is 0 Å². The van der Waals surface area contributed by atoms with Crippen LogP contribution in [0.15, 0.2) is 5.38 Å². The largest absolute Gasteiger partial charge is 0.375 e. The molecule has 1 saturated heterocycles. The molecule has 2 heterocycles. The number of hydrogen-bond acceptors (Lipinski definition) is 4. The molecule has 2 atom stereocenters. The normalized spacial score (nSPS) is 27.1. The van der Waals surface area contributed by atoms with Gasteiger partial charge in [-0.2, -0.15) is 0 Å². The molecule has 90 valence electrons. The molecule has 2 rings (SSSR count). The topological polar surface area (TPSA) is 42.1 Å². The highest BCUT2D eigenvalue weighted by Crippen LogP contribution is 2.23. The van der Waals surface area contributed by atoms with Gasteiger partial charge in [-0.1, -0.05) is 6.42 Å². The van der Waals surface area contributed by atoms with Crippen molar-refractivity contribution in [2.24, 2.45) is 0 Å². The number of nitrogen functional groups attached to an aromatic ring is 1. The zero-order valence-electron chi connectivity index (χ0n) is 10.1. The molecule has 1 aromatic heterocycles. The Morgan fingerprint density at radius 3 is 2.69 bits per heavy atom. The highest BCUT2D eigenvalue weighted by Gasteiger charge is 2.24. The van der Waals surface area contributed by atoms with Crippen LogP contribution in [0.5, 0.6) is 0 Å². The Labute approximate surface area is 102 Å². The zero-order valence-corrected chi connectivity index (χ0v) is 11.0. The van der Waals surface area contributed by atoms with Gasteiger partial charge in [0, 0.05) is 30.4 Å². The van der Waals surface area contributed by atoms with Gasteiger partial charge in [0.05, 0.1) is 5.69 Å². The Morgan fingerprint density at radius 2 is 2.12 bits per heavy atom. The molecule has 0 amide bonds. The third-order valence-electron chi connectivity index (χ3n) is 3.57. The second-order valence-electron chi connectivity index (χ2n) is 4.79. The van der Waals surface area contributed by atoms with Gasteiger partial charge in [0.2, 0.25) is 0 Å². The minimum absolute atomic E-state index is 0.690. The predicted octanol–water partition coefficient (Wildman–Crippen LogP) is 2.53. The minimum atomic E-state index is 0.690. The lowest BCUT2D eigenvalue weighted by Gasteiger charge is -2.38. The van der Waals surface area contributed by atoms with Crippen molar-refractivity contribution in [3.63, 3.8) is 0 Å². The summed E-state index contributed by atoms with van der Waals surface area (Å²) in [5.74, 6) is 0. The van der Waals surface area contributed by atoms with E-state index in [9.17, 15) is 0 Å². The average molecular weight is 239 g/mol. The van der Waals surface area contributed by atoms with Crippen LogP contribution >= 0.6 is 11.3 Å². The van der Waals surface area contributed by atoms with Crippen molar-refractivity contribution >= 4 is 16.5 Å². The van der Waals surface area contributed by atoms with Gasteiger partial charge in [-0.25, -0.2) is 4.98 Å². The molecule has 2 unspecified atom stereocenters. The Balaban J connectivity index is 1.88. The van der Waals surface area contributed by atoms with E-state index in [0.717, 1.165) is 30.7 Å². The van der Waals surface area contributed by atoms with Gasteiger partial charge >= 0.3 is 0 Å². The van der Waals surface area contributed by atoms with Crippen molar-refractivity contribution in [1.82, 2.24) is 9.88 Å². The molecule has 0 aromatic carbocycles. The summed E-state index contributed by atoms with van der Waals surface area (Å²) in [5.41, 5.74) is 6.78. The fourth-order valence-corrected chi connectivity index (χ4v) is 3.19. The summed E-state index contributed by atoms with van der Waals surface area (Å²) in [6.45, 7) is 5.79. The van der Waals surface area contributed by atoms with E-state index in [0.29, 0.717) is 5.13 Å². The summed E-state index contributed by atoms with van der Waals surface area (Å²) < 4.78 is 0. The summed E-state index contributed by atoms with van der Waals surface area (Å²) in [5, 5.41) is 2.77. The van der Waals surface area contributed by atoms with E-state index in [-0.39, 0.29) is 0 Å². The van der Waals surface area contributed by atoms with E-state index in [1.165, 1.54) is 19.3 Å². The number of nitrogens with two attached hydrogens (primary N) is 1. The van der Waals surface area contributed by atoms with Crippen LogP contribution in [0.1, 0.15) is 38.8 Å². The molecular weight excluding hydrogens is 218 g/mol. The highest BCUT2D eigenvalue weighted by molar-refractivity contribution is 7.13. The van der Waals surface area contributed by atoms with E-state index in [1.54, 1.807) is 11.3 Å². The summed E-state index contributed by atoms with van der Waals surface area (Å²) in [4.78, 5) is 6.92. The van der Waals surface area contributed by atoms with Crippen LogP contribution in [0.4, 0.5) is 5.13 Å². The van der Waals surface area contributed by atoms with Gasteiger partial charge in [-0.05, 0) is 26.7 Å². The van der Waals surface area contributed by atoms with Crippen molar-refractivity contribution in [2.45, 2.75) is 51.6 Å². The summed E-state index contributed by atoms with van der Waals surface area (Å²) in [6, 6.07) is 1.44. The van der Waals surface area contributed by atoms with E-state index >= 15 is 0 Å². The molecule has 2 N–H and O–H groups in total. The van der Waals surface area contributed by atoms with Crippen LogP contribution in [0.3, 0.4) is 0 Å². The first-order valence-electron chi connectivity index (χ1n) is 6.12. The van der Waals surface area contributed by atoms with Gasteiger partial charge in [0.15, 0.2) is 5.13 Å². The molecule has 4 heteroatoms. The first-order valence-corrected chi connectivity index (χ1v) is 7.00. The molecule has 0 saturated carbocycles. The van der Waals surface area contributed by atoms with Crippen LogP contribution in [-0.4, -0.2) is 28.5 Å². The van der Waals surface area contributed by atoms with Gasteiger partial charge in [-0.3, -0.25) is 4.90 Å². The Morgan fingerprint density at radius 1 is 1.44 bits per heavy atom. The lowest BCUT2D eigenvalue weighted by atomic mass is 9.97. The summed E-state index contributed by atoms with van der Waals surface area (Å²) >= 11 is 1.54. The Bertz CT molecular complexity index is 327. The average Bonchev–Trinajstić information content (AvgIpc) is 2.63. The third-order valence-corrected chi connectivity index (χ3v) is 4.29. The van der Waals surface area contributed by atoms with Gasteiger partial charge in [0.1, 0.15) is 0 Å². The fourth-order valence-electron chi connectivity index (χ4n) is 2.60. The van der Waals surface area contributed by atoms with Crippen LogP contribution in [0, 0.1) is 0 Å². The summed E-state index contributed by atoms with van der Waals surface area (Å²) in [6.07, 6.45) is 5.08. The van der Waals surface area contributed by atoms with E-state index in [4.69, 9.17) is 5.73 Å². The lowest BCUT2D eigenvalue weighted by Crippen LogP contribution is -2.44. The monoisotopic (exact) mass is 239 g/mol. The van der Waals surface area contributed by atoms with Crippen molar-refractivity contribution < 1.29 is 0 Å². The first kappa shape index (κ1) is 11.9. The maximum atomic E-state index is 5.64. The van der Waals surface area contributed by atoms with Gasteiger partial charge < -0.3 is 5.73 Å². The third kappa shape index (κ3) is 2.74. The Hall–Kier alpha value is -0.610. The first-order chi connectivity index (χ1) is 7.66. The molecule has 0 spiro atoms. The number of aromatic nitrogens is 1. The van der Waals surface area contributed by atoms with Crippen molar-refractivity contribution in [2.75, 3.05) is 12.3 Å². The fraction of sp³-hybridized carbons (Fsp3) is 0.750. The van der Waals surface area contributed by atoms with E-state index < -0.39 is 0 Å². The minimum Gasteiger partial charge on any atom is -0.375 e. The molecule has 0 radical (unpaired) electrons. The second-order valence-corrected chi connectivity index (χ2v) is 5.68. The molecule has 16 heavy (non-hydrogen) atoms. The lowest BCUT2D eigenvalue weighted by molar-refractivity contribution is 0.105. The van der Waals surface area contributed by atoms with E-state index in [2.05, 4.69) is 29.1 Å². The molecule has 0 bridgehead atoms. The molecule has 3 nitrogen and oxygen atoms in total. The molecule has 1 aliphatic heterocycles. The molecule has 1 aromatic rings. The molecule has 1 aliphatic rings. The number of likely N-dealkylation sites (tertiary alicyclic amines) is 1. The van der Waals surface area contributed by atoms with Gasteiger partial charge in [0.25, 0.3) is 0 Å². The van der Waals surface area contributed by atoms with Gasteiger partial charge in [-0.15, -0.1) is 11.3 Å². The van der Waals surface area contributed by atoms with Crippen molar-refractivity contribution in [1.29, 1.82) is 0 Å². The summed E-state index contributed by atoms with van der Waals surface area (Å²) in [7, 11) is 0. The Kier molecular flexibility index (Phi) is 3.82.